The molecule has 132 valence electrons. The van der Waals surface area contributed by atoms with Crippen LogP contribution in [0.5, 0.6) is 0 Å². The predicted molar refractivity (Wildman–Crippen MR) is 85.3 cm³/mol. The summed E-state index contributed by atoms with van der Waals surface area (Å²) < 4.78 is 33.7. The van der Waals surface area contributed by atoms with E-state index >= 15 is 0 Å². The molecule has 6 nitrogen and oxygen atoms in total. The normalized spacial score (nSPS) is 13.7. The fourth-order valence-electron chi connectivity index (χ4n) is 2.60. The quantitative estimate of drug-likeness (QED) is 0.640. The zero-order chi connectivity index (χ0) is 18.1. The second kappa shape index (κ2) is 6.62. The van der Waals surface area contributed by atoms with Gasteiger partial charge in [0.1, 0.15) is 23.0 Å². The van der Waals surface area contributed by atoms with E-state index in [9.17, 15) is 18.4 Å². The molecule has 1 heterocycles. The SMILES string of the molecule is CCc1nn(C2CC2)c(N)c1C(=O)OCC(=O)c1c(F)cccc1F. The number of rotatable bonds is 6. The molecule has 2 N–H and O–H groups in total. The van der Waals surface area contributed by atoms with Crippen LogP contribution < -0.4 is 5.73 Å². The largest absolute Gasteiger partial charge is 0.454 e. The second-order valence-corrected chi connectivity index (χ2v) is 5.83. The van der Waals surface area contributed by atoms with E-state index in [1.807, 2.05) is 6.92 Å². The van der Waals surface area contributed by atoms with Crippen molar-refractivity contribution in [1.82, 2.24) is 9.78 Å². The van der Waals surface area contributed by atoms with Crippen molar-refractivity contribution in [2.75, 3.05) is 12.3 Å². The molecule has 1 aromatic carbocycles. The third-order valence-electron chi connectivity index (χ3n) is 4.03. The van der Waals surface area contributed by atoms with Crippen molar-refractivity contribution >= 4 is 17.6 Å². The number of carbonyl (C=O) groups excluding carboxylic acids is 2. The minimum Gasteiger partial charge on any atom is -0.454 e. The van der Waals surface area contributed by atoms with E-state index in [2.05, 4.69) is 5.10 Å². The van der Waals surface area contributed by atoms with Gasteiger partial charge in [0.05, 0.1) is 17.3 Å². The molecule has 3 rings (SSSR count). The highest BCUT2D eigenvalue weighted by Gasteiger charge is 2.31. The fourth-order valence-corrected chi connectivity index (χ4v) is 2.60. The number of nitrogens with zero attached hydrogens (tertiary/aromatic N) is 2. The summed E-state index contributed by atoms with van der Waals surface area (Å²) in [6, 6.07) is 3.25. The van der Waals surface area contributed by atoms with Gasteiger partial charge in [-0.3, -0.25) is 4.79 Å². The highest BCUT2D eigenvalue weighted by Crippen LogP contribution is 2.37. The Hall–Kier alpha value is -2.77. The van der Waals surface area contributed by atoms with Crippen molar-refractivity contribution in [3.05, 3.63) is 46.7 Å². The smallest absolute Gasteiger partial charge is 0.344 e. The van der Waals surface area contributed by atoms with Crippen molar-refractivity contribution in [1.29, 1.82) is 0 Å². The van der Waals surface area contributed by atoms with Gasteiger partial charge < -0.3 is 10.5 Å². The third-order valence-corrected chi connectivity index (χ3v) is 4.03. The first-order valence-electron chi connectivity index (χ1n) is 7.95. The molecule has 8 heteroatoms. The highest BCUT2D eigenvalue weighted by molar-refractivity contribution is 6.01. The molecule has 25 heavy (non-hydrogen) atoms. The number of Topliss-reactive ketones (excluding diaryl/α,β-unsaturated/α-hetero) is 1. The number of hydrogen-bond acceptors (Lipinski definition) is 5. The van der Waals surface area contributed by atoms with Gasteiger partial charge in [-0.25, -0.2) is 18.3 Å². The summed E-state index contributed by atoms with van der Waals surface area (Å²) in [4.78, 5) is 24.3. The molecular weight excluding hydrogens is 332 g/mol. The Kier molecular flexibility index (Phi) is 4.52. The molecule has 0 saturated heterocycles. The van der Waals surface area contributed by atoms with Crippen molar-refractivity contribution in [2.45, 2.75) is 32.2 Å². The maximum atomic E-state index is 13.6. The molecule has 0 amide bonds. The standard InChI is InChI=1S/C17H17F2N3O3/c1-2-12-15(16(20)22(21-12)9-6-7-9)17(24)25-8-13(23)14-10(18)4-3-5-11(14)19/h3-5,9H,2,6-8,20H2,1H3. The molecule has 0 atom stereocenters. The summed E-state index contributed by atoms with van der Waals surface area (Å²) in [5.41, 5.74) is 5.83. The van der Waals surface area contributed by atoms with Gasteiger partial charge in [-0.1, -0.05) is 13.0 Å². The minimum absolute atomic E-state index is 0.108. The van der Waals surface area contributed by atoms with Crippen LogP contribution in [0.3, 0.4) is 0 Å². The second-order valence-electron chi connectivity index (χ2n) is 5.83. The summed E-state index contributed by atoms with van der Waals surface area (Å²) in [5.74, 6) is -3.61. The molecule has 1 fully saturated rings. The van der Waals surface area contributed by atoms with Crippen LogP contribution in [-0.4, -0.2) is 28.1 Å². The van der Waals surface area contributed by atoms with E-state index in [0.717, 1.165) is 31.0 Å². The van der Waals surface area contributed by atoms with E-state index in [0.29, 0.717) is 12.1 Å². The molecule has 1 aliphatic carbocycles. The van der Waals surface area contributed by atoms with Gasteiger partial charge in [0, 0.05) is 0 Å². The number of anilines is 1. The Balaban J connectivity index is 1.76. The number of carbonyl (C=O) groups is 2. The Morgan fingerprint density at radius 1 is 1.28 bits per heavy atom. The average Bonchev–Trinajstić information content (AvgIpc) is 3.35. The van der Waals surface area contributed by atoms with Crippen LogP contribution in [0.4, 0.5) is 14.6 Å². The van der Waals surface area contributed by atoms with E-state index in [1.165, 1.54) is 0 Å². The van der Waals surface area contributed by atoms with E-state index in [1.54, 1.807) is 4.68 Å². The number of ether oxygens (including phenoxy) is 1. The summed E-state index contributed by atoms with van der Waals surface area (Å²) in [5, 5.41) is 4.31. The molecule has 1 saturated carbocycles. The Bertz CT molecular complexity index is 824. The zero-order valence-electron chi connectivity index (χ0n) is 13.6. The maximum absolute atomic E-state index is 13.6. The van der Waals surface area contributed by atoms with Crippen LogP contribution in [0.15, 0.2) is 18.2 Å². The van der Waals surface area contributed by atoms with Gasteiger partial charge in [0.15, 0.2) is 6.61 Å². The van der Waals surface area contributed by atoms with Gasteiger partial charge in [-0.05, 0) is 31.4 Å². The number of ketones is 1. The Morgan fingerprint density at radius 2 is 1.92 bits per heavy atom. The summed E-state index contributed by atoms with van der Waals surface area (Å²) >= 11 is 0. The molecule has 0 spiro atoms. The van der Waals surface area contributed by atoms with Crippen molar-refractivity contribution in [3.8, 4) is 0 Å². The fraction of sp³-hybridized carbons (Fsp3) is 0.353. The minimum atomic E-state index is -1.00. The molecule has 0 radical (unpaired) electrons. The number of aryl methyl sites for hydroxylation is 1. The molecule has 1 aromatic heterocycles. The number of halogens is 2. The van der Waals surface area contributed by atoms with Crippen molar-refractivity contribution in [3.63, 3.8) is 0 Å². The molecule has 0 unspecified atom stereocenters. The maximum Gasteiger partial charge on any atom is 0.344 e. The van der Waals surface area contributed by atoms with Crippen LogP contribution in [0.25, 0.3) is 0 Å². The first-order valence-corrected chi connectivity index (χ1v) is 7.95. The number of nitrogens with two attached hydrogens (primary N) is 1. The topological polar surface area (TPSA) is 87.2 Å². The van der Waals surface area contributed by atoms with Crippen LogP contribution in [-0.2, 0) is 11.2 Å². The number of nitrogen functional groups attached to an aromatic ring is 1. The average molecular weight is 349 g/mol. The molecule has 0 bridgehead atoms. The van der Waals surface area contributed by atoms with Crippen LogP contribution >= 0.6 is 0 Å². The lowest BCUT2D eigenvalue weighted by atomic mass is 10.1. The van der Waals surface area contributed by atoms with Crippen LogP contribution in [0.2, 0.25) is 0 Å². The molecule has 0 aliphatic heterocycles. The Morgan fingerprint density at radius 3 is 2.48 bits per heavy atom. The lowest BCUT2D eigenvalue weighted by molar-refractivity contribution is 0.0472. The summed E-state index contributed by atoms with van der Waals surface area (Å²) in [6.07, 6.45) is 2.34. The number of benzene rings is 1. The third kappa shape index (κ3) is 3.24. The van der Waals surface area contributed by atoms with Gasteiger partial charge in [0.2, 0.25) is 5.78 Å². The van der Waals surface area contributed by atoms with Gasteiger partial charge in [0.25, 0.3) is 0 Å². The molecule has 2 aromatic rings. The first kappa shape index (κ1) is 17.1. The molecule has 1 aliphatic rings. The zero-order valence-corrected chi connectivity index (χ0v) is 13.6. The van der Waals surface area contributed by atoms with Gasteiger partial charge >= 0.3 is 5.97 Å². The van der Waals surface area contributed by atoms with Gasteiger partial charge in [-0.15, -0.1) is 0 Å². The lowest BCUT2D eigenvalue weighted by Crippen LogP contribution is -2.18. The number of esters is 1. The molecular formula is C17H17F2N3O3. The van der Waals surface area contributed by atoms with E-state index < -0.39 is 35.6 Å². The summed E-state index contributed by atoms with van der Waals surface area (Å²) in [6.45, 7) is 1.03. The van der Waals surface area contributed by atoms with Crippen molar-refractivity contribution in [2.24, 2.45) is 0 Å². The van der Waals surface area contributed by atoms with E-state index in [-0.39, 0.29) is 17.4 Å². The predicted octanol–water partition coefficient (Wildman–Crippen LogP) is 2.68. The van der Waals surface area contributed by atoms with Crippen LogP contribution in [0, 0.1) is 11.6 Å². The van der Waals surface area contributed by atoms with Gasteiger partial charge in [-0.2, -0.15) is 5.10 Å². The lowest BCUT2D eigenvalue weighted by Gasteiger charge is -2.07. The van der Waals surface area contributed by atoms with E-state index in [4.69, 9.17) is 10.5 Å². The Labute approximate surface area is 142 Å². The monoisotopic (exact) mass is 349 g/mol. The number of hydrogen-bond donors (Lipinski definition) is 1. The summed E-state index contributed by atoms with van der Waals surface area (Å²) in [7, 11) is 0. The highest BCUT2D eigenvalue weighted by atomic mass is 19.1. The van der Waals surface area contributed by atoms with Crippen molar-refractivity contribution < 1.29 is 23.1 Å². The van der Waals surface area contributed by atoms with Crippen LogP contribution in [0.1, 0.15) is 52.2 Å². The first-order chi connectivity index (χ1) is 11.9. The number of aromatic nitrogens is 2.